The number of pyridine rings is 1. The Morgan fingerprint density at radius 2 is 1.75 bits per heavy atom. The van der Waals surface area contributed by atoms with Crippen LogP contribution in [-0.4, -0.2) is 25.1 Å². The third kappa shape index (κ3) is 3.03. The van der Waals surface area contributed by atoms with Gasteiger partial charge in [0.1, 0.15) is 0 Å². The number of hydrogen-bond acceptors (Lipinski definition) is 5. The van der Waals surface area contributed by atoms with Gasteiger partial charge in [0.15, 0.2) is 17.7 Å². The first-order valence-electron chi connectivity index (χ1n) is 8.96. The van der Waals surface area contributed by atoms with Crippen LogP contribution in [0.25, 0.3) is 0 Å². The number of carbonyl (C=O) groups is 1. The second-order valence-electron chi connectivity index (χ2n) is 6.56. The Balaban J connectivity index is 1.75. The van der Waals surface area contributed by atoms with E-state index >= 15 is 0 Å². The van der Waals surface area contributed by atoms with Crippen LogP contribution >= 0.6 is 0 Å². The molecule has 2 heterocycles. The van der Waals surface area contributed by atoms with Crippen LogP contribution in [0.1, 0.15) is 27.8 Å². The smallest absolute Gasteiger partial charge is 0.262 e. The van der Waals surface area contributed by atoms with E-state index in [1.54, 1.807) is 31.4 Å². The molecule has 1 aliphatic rings. The second-order valence-corrected chi connectivity index (χ2v) is 6.56. The van der Waals surface area contributed by atoms with Crippen molar-refractivity contribution < 1.29 is 14.3 Å². The lowest BCUT2D eigenvalue weighted by molar-refractivity contribution is 0.0993. The lowest BCUT2D eigenvalue weighted by atomic mass is 10.2. The van der Waals surface area contributed by atoms with Crippen molar-refractivity contribution in [2.24, 2.45) is 0 Å². The molecule has 1 amide bonds. The first-order chi connectivity index (χ1) is 13.6. The van der Waals surface area contributed by atoms with Crippen molar-refractivity contribution >= 4 is 17.3 Å². The van der Waals surface area contributed by atoms with E-state index in [0.29, 0.717) is 22.8 Å². The summed E-state index contributed by atoms with van der Waals surface area (Å²) in [5, 5.41) is 3.42. The highest BCUT2D eigenvalue weighted by atomic mass is 16.5. The molecule has 0 saturated carbocycles. The van der Waals surface area contributed by atoms with Crippen LogP contribution in [0.15, 0.2) is 60.8 Å². The van der Waals surface area contributed by atoms with E-state index in [-0.39, 0.29) is 5.91 Å². The van der Waals surface area contributed by atoms with E-state index in [1.165, 1.54) is 0 Å². The maximum Gasteiger partial charge on any atom is 0.262 e. The number of nitrogens with one attached hydrogen (secondary N) is 1. The number of methoxy groups -OCH3 is 2. The van der Waals surface area contributed by atoms with E-state index < -0.39 is 6.17 Å². The molecule has 4 rings (SSSR count). The average molecular weight is 375 g/mol. The number of carbonyl (C=O) groups excluding carboxylic acids is 1. The lowest BCUT2D eigenvalue weighted by Gasteiger charge is -2.27. The molecule has 1 atom stereocenters. The zero-order chi connectivity index (χ0) is 19.7. The molecule has 6 nitrogen and oxygen atoms in total. The van der Waals surface area contributed by atoms with E-state index in [9.17, 15) is 4.79 Å². The van der Waals surface area contributed by atoms with Crippen molar-refractivity contribution in [1.29, 1.82) is 0 Å². The molecule has 0 spiro atoms. The number of anilines is 2. The van der Waals surface area contributed by atoms with Crippen LogP contribution in [0.2, 0.25) is 0 Å². The van der Waals surface area contributed by atoms with Crippen LogP contribution in [0, 0.1) is 6.92 Å². The van der Waals surface area contributed by atoms with Crippen molar-refractivity contribution in [1.82, 2.24) is 4.98 Å². The van der Waals surface area contributed by atoms with Gasteiger partial charge in [-0.15, -0.1) is 0 Å². The lowest BCUT2D eigenvalue weighted by Crippen LogP contribution is -2.32. The third-order valence-electron chi connectivity index (χ3n) is 4.80. The molecule has 6 heteroatoms. The Morgan fingerprint density at radius 3 is 2.46 bits per heavy atom. The van der Waals surface area contributed by atoms with Crippen molar-refractivity contribution in [3.05, 3.63) is 77.6 Å². The van der Waals surface area contributed by atoms with Crippen molar-refractivity contribution in [3.63, 3.8) is 0 Å². The van der Waals surface area contributed by atoms with Gasteiger partial charge in [0.25, 0.3) is 5.91 Å². The maximum atomic E-state index is 13.1. The fraction of sp³-hybridized carbons (Fsp3) is 0.182. The molecule has 0 radical (unpaired) electrons. The summed E-state index contributed by atoms with van der Waals surface area (Å²) in [5.74, 6) is 1.18. The first-order valence-corrected chi connectivity index (χ1v) is 8.96. The predicted octanol–water partition coefficient (Wildman–Crippen LogP) is 4.18. The summed E-state index contributed by atoms with van der Waals surface area (Å²) in [6.07, 6.45) is 1.28. The van der Waals surface area contributed by atoms with Gasteiger partial charge in [-0.1, -0.05) is 17.7 Å². The number of benzene rings is 2. The fourth-order valence-corrected chi connectivity index (χ4v) is 3.37. The van der Waals surface area contributed by atoms with Gasteiger partial charge in [-0.05, 0) is 43.3 Å². The quantitative estimate of drug-likeness (QED) is 0.725. The highest BCUT2D eigenvalue weighted by Crippen LogP contribution is 2.38. The van der Waals surface area contributed by atoms with Gasteiger partial charge in [0.05, 0.1) is 25.5 Å². The van der Waals surface area contributed by atoms with Crippen LogP contribution in [0.3, 0.4) is 0 Å². The van der Waals surface area contributed by atoms with Crippen molar-refractivity contribution in [2.45, 2.75) is 13.1 Å². The summed E-state index contributed by atoms with van der Waals surface area (Å²) in [6.45, 7) is 2.02. The molecule has 0 unspecified atom stereocenters. The van der Waals surface area contributed by atoms with Crippen molar-refractivity contribution in [2.75, 3.05) is 24.4 Å². The van der Waals surface area contributed by atoms with Gasteiger partial charge in [0.2, 0.25) is 0 Å². The molecule has 2 aromatic carbocycles. The summed E-state index contributed by atoms with van der Waals surface area (Å²) in [5.41, 5.74) is 4.04. The minimum absolute atomic E-state index is 0.0788. The first kappa shape index (κ1) is 17.9. The van der Waals surface area contributed by atoms with E-state index in [0.717, 1.165) is 16.9 Å². The highest BCUT2D eigenvalue weighted by Gasteiger charge is 2.39. The molecule has 0 aliphatic carbocycles. The molecule has 0 bridgehead atoms. The third-order valence-corrected chi connectivity index (χ3v) is 4.80. The summed E-state index contributed by atoms with van der Waals surface area (Å²) < 4.78 is 10.7. The van der Waals surface area contributed by atoms with Gasteiger partial charge in [-0.25, -0.2) is 0 Å². The van der Waals surface area contributed by atoms with E-state index in [4.69, 9.17) is 9.47 Å². The van der Waals surface area contributed by atoms with E-state index in [1.807, 2.05) is 55.5 Å². The Labute approximate surface area is 163 Å². The highest BCUT2D eigenvalue weighted by molar-refractivity contribution is 6.11. The Kier molecular flexibility index (Phi) is 4.61. The van der Waals surface area contributed by atoms with Gasteiger partial charge >= 0.3 is 0 Å². The van der Waals surface area contributed by atoms with Gasteiger partial charge in [-0.2, -0.15) is 0 Å². The Bertz CT molecular complexity index is 1020. The molecular formula is C22H21N3O3. The molecule has 142 valence electrons. The van der Waals surface area contributed by atoms with Gasteiger partial charge in [-0.3, -0.25) is 14.7 Å². The number of amides is 1. The van der Waals surface area contributed by atoms with Crippen molar-refractivity contribution in [3.8, 4) is 11.5 Å². The van der Waals surface area contributed by atoms with Crippen LogP contribution < -0.4 is 19.7 Å². The number of nitrogens with zero attached hydrogens (tertiary/aromatic N) is 2. The summed E-state index contributed by atoms with van der Waals surface area (Å²) >= 11 is 0. The largest absolute Gasteiger partial charge is 0.493 e. The van der Waals surface area contributed by atoms with Crippen LogP contribution in [0.5, 0.6) is 11.5 Å². The molecule has 0 saturated heterocycles. The van der Waals surface area contributed by atoms with Gasteiger partial charge in [0, 0.05) is 23.6 Å². The number of hydrogen-bond donors (Lipinski definition) is 1. The van der Waals surface area contributed by atoms with Crippen LogP contribution in [-0.2, 0) is 0 Å². The topological polar surface area (TPSA) is 63.7 Å². The fourth-order valence-electron chi connectivity index (χ4n) is 3.37. The Hall–Kier alpha value is -3.54. The number of ether oxygens (including phenoxy) is 2. The maximum absolute atomic E-state index is 13.1. The zero-order valence-corrected chi connectivity index (χ0v) is 16.0. The molecular weight excluding hydrogens is 354 g/mol. The number of aryl methyl sites for hydroxylation is 1. The second kappa shape index (κ2) is 7.23. The molecule has 1 aliphatic heterocycles. The SMILES string of the molecule is COc1ccc(N[C@@H]2c3ncccc3C(=O)N2c2ccc(C)cc2)cc1OC. The Morgan fingerprint density at radius 1 is 1.00 bits per heavy atom. The molecule has 1 aromatic heterocycles. The summed E-state index contributed by atoms with van der Waals surface area (Å²) in [6, 6.07) is 17.0. The minimum Gasteiger partial charge on any atom is -0.493 e. The molecule has 28 heavy (non-hydrogen) atoms. The van der Waals surface area contributed by atoms with E-state index in [2.05, 4.69) is 10.3 Å². The standard InChI is InChI=1S/C22H21N3O3/c1-14-6-9-16(10-7-14)25-21(20-17(22(25)26)5-4-12-23-20)24-15-8-11-18(27-2)19(13-15)28-3/h4-13,21,24H,1-3H3/t21-/m0/s1. The monoisotopic (exact) mass is 375 g/mol. The number of rotatable bonds is 5. The number of aromatic nitrogens is 1. The molecule has 1 N–H and O–H groups in total. The summed E-state index contributed by atoms with van der Waals surface area (Å²) in [7, 11) is 3.19. The van der Waals surface area contributed by atoms with Crippen LogP contribution in [0.4, 0.5) is 11.4 Å². The predicted molar refractivity (Wildman–Crippen MR) is 108 cm³/mol. The molecule has 0 fully saturated rings. The average Bonchev–Trinajstić information content (AvgIpc) is 3.00. The molecule has 3 aromatic rings. The summed E-state index contributed by atoms with van der Waals surface area (Å²) in [4.78, 5) is 19.3. The normalized spacial score (nSPS) is 15.3. The minimum atomic E-state index is -0.426. The zero-order valence-electron chi connectivity index (χ0n) is 16.0. The van der Waals surface area contributed by atoms with Gasteiger partial charge < -0.3 is 14.8 Å². The number of fused-ring (bicyclic) bond motifs is 1.